The maximum absolute atomic E-state index is 12.2. The molecule has 7 nitrogen and oxygen atoms in total. The Hall–Kier alpha value is -2.09. The standard InChI is InChI=1S/C19H29N5O2S/c1-5-20-18(24-11-12-27(25,26)19(3,4)14-24)21-9-8-16-13-23-10-6-7-15(2)17(23)22-16/h6-7,10,13H,5,8-9,11-12,14H2,1-4H3,(H,20,21). The molecule has 1 aliphatic rings. The highest BCUT2D eigenvalue weighted by Gasteiger charge is 2.40. The molecule has 0 aromatic carbocycles. The summed E-state index contributed by atoms with van der Waals surface area (Å²) < 4.78 is 25.8. The number of rotatable bonds is 4. The zero-order valence-corrected chi connectivity index (χ0v) is 17.4. The maximum Gasteiger partial charge on any atom is 0.194 e. The molecule has 8 heteroatoms. The molecule has 1 aliphatic heterocycles. The summed E-state index contributed by atoms with van der Waals surface area (Å²) in [5.74, 6) is 0.941. The van der Waals surface area contributed by atoms with Crippen LogP contribution in [0.25, 0.3) is 5.65 Å². The second kappa shape index (κ2) is 7.50. The van der Waals surface area contributed by atoms with Crippen LogP contribution in [0.15, 0.2) is 29.5 Å². The Bertz CT molecular complexity index is 946. The number of aromatic nitrogens is 2. The van der Waals surface area contributed by atoms with Gasteiger partial charge in [0.1, 0.15) is 5.65 Å². The second-order valence-electron chi connectivity index (χ2n) is 7.64. The van der Waals surface area contributed by atoms with Gasteiger partial charge in [-0.1, -0.05) is 6.07 Å². The van der Waals surface area contributed by atoms with E-state index in [1.54, 1.807) is 13.8 Å². The highest BCUT2D eigenvalue weighted by molar-refractivity contribution is 7.92. The van der Waals surface area contributed by atoms with Crippen molar-refractivity contribution < 1.29 is 8.42 Å². The number of aliphatic imine (C=N–C) groups is 1. The summed E-state index contributed by atoms with van der Waals surface area (Å²) in [6.45, 7) is 9.94. The van der Waals surface area contributed by atoms with Gasteiger partial charge < -0.3 is 14.6 Å². The first kappa shape index (κ1) is 19.7. The Morgan fingerprint density at radius 3 is 2.85 bits per heavy atom. The fraction of sp³-hybridized carbons (Fsp3) is 0.579. The van der Waals surface area contributed by atoms with Crippen LogP contribution in [-0.4, -0.2) is 65.3 Å². The molecule has 0 unspecified atom stereocenters. The number of nitrogens with zero attached hydrogens (tertiary/aromatic N) is 4. The Morgan fingerprint density at radius 2 is 2.19 bits per heavy atom. The molecule has 0 saturated carbocycles. The summed E-state index contributed by atoms with van der Waals surface area (Å²) in [6.07, 6.45) is 4.79. The van der Waals surface area contributed by atoms with E-state index in [0.717, 1.165) is 35.8 Å². The van der Waals surface area contributed by atoms with Crippen LogP contribution >= 0.6 is 0 Å². The Balaban J connectivity index is 1.71. The Morgan fingerprint density at radius 1 is 1.41 bits per heavy atom. The van der Waals surface area contributed by atoms with Crippen molar-refractivity contribution in [3.63, 3.8) is 0 Å². The molecule has 2 aromatic rings. The van der Waals surface area contributed by atoms with E-state index in [-0.39, 0.29) is 5.75 Å². The lowest BCUT2D eigenvalue weighted by molar-refractivity contribution is 0.353. The van der Waals surface area contributed by atoms with E-state index in [4.69, 9.17) is 9.98 Å². The summed E-state index contributed by atoms with van der Waals surface area (Å²) in [7, 11) is -3.06. The minimum Gasteiger partial charge on any atom is -0.357 e. The first-order valence-electron chi connectivity index (χ1n) is 9.42. The number of guanidine groups is 1. The van der Waals surface area contributed by atoms with Gasteiger partial charge >= 0.3 is 0 Å². The summed E-state index contributed by atoms with van der Waals surface area (Å²) in [4.78, 5) is 11.5. The number of pyridine rings is 1. The number of aryl methyl sites for hydroxylation is 1. The average Bonchev–Trinajstić information content (AvgIpc) is 3.01. The molecule has 0 spiro atoms. The first-order valence-corrected chi connectivity index (χ1v) is 11.1. The monoisotopic (exact) mass is 391 g/mol. The predicted octanol–water partition coefficient (Wildman–Crippen LogP) is 1.66. The minimum absolute atomic E-state index is 0.163. The fourth-order valence-electron chi connectivity index (χ4n) is 3.35. The highest BCUT2D eigenvalue weighted by Crippen LogP contribution is 2.23. The fourth-order valence-corrected chi connectivity index (χ4v) is 4.72. The molecule has 0 radical (unpaired) electrons. The smallest absolute Gasteiger partial charge is 0.194 e. The van der Waals surface area contributed by atoms with Gasteiger partial charge in [0.05, 0.1) is 16.2 Å². The summed E-state index contributed by atoms with van der Waals surface area (Å²) >= 11 is 0. The van der Waals surface area contributed by atoms with Crippen LogP contribution in [0, 0.1) is 6.92 Å². The van der Waals surface area contributed by atoms with Gasteiger partial charge in [0.15, 0.2) is 15.8 Å². The van der Waals surface area contributed by atoms with E-state index in [0.29, 0.717) is 19.6 Å². The predicted molar refractivity (Wildman–Crippen MR) is 109 cm³/mol. The van der Waals surface area contributed by atoms with Gasteiger partial charge in [0, 0.05) is 45.0 Å². The average molecular weight is 392 g/mol. The van der Waals surface area contributed by atoms with Crippen LogP contribution in [0.5, 0.6) is 0 Å². The van der Waals surface area contributed by atoms with Gasteiger partial charge in [0.25, 0.3) is 0 Å². The number of fused-ring (bicyclic) bond motifs is 1. The zero-order chi connectivity index (χ0) is 19.7. The molecule has 3 rings (SSSR count). The first-order chi connectivity index (χ1) is 12.7. The van der Waals surface area contributed by atoms with Gasteiger partial charge in [-0.05, 0) is 39.3 Å². The van der Waals surface area contributed by atoms with Gasteiger partial charge in [0.2, 0.25) is 0 Å². The number of hydrogen-bond acceptors (Lipinski definition) is 4. The molecule has 0 bridgehead atoms. The van der Waals surface area contributed by atoms with E-state index in [1.807, 2.05) is 29.8 Å². The lowest BCUT2D eigenvalue weighted by atomic mass is 10.2. The molecular weight excluding hydrogens is 362 g/mol. The Kier molecular flexibility index (Phi) is 5.46. The van der Waals surface area contributed by atoms with Gasteiger partial charge in [-0.25, -0.2) is 13.4 Å². The number of hydrogen-bond donors (Lipinski definition) is 1. The second-order valence-corrected chi connectivity index (χ2v) is 10.4. The summed E-state index contributed by atoms with van der Waals surface area (Å²) in [5, 5.41) is 3.29. The third kappa shape index (κ3) is 4.10. The molecular formula is C19H29N5O2S. The number of sulfone groups is 1. The molecule has 27 heavy (non-hydrogen) atoms. The molecule has 148 valence electrons. The van der Waals surface area contributed by atoms with Crippen molar-refractivity contribution in [1.82, 2.24) is 19.6 Å². The van der Waals surface area contributed by atoms with Gasteiger partial charge in [-0.15, -0.1) is 0 Å². The zero-order valence-electron chi connectivity index (χ0n) is 16.6. The van der Waals surface area contributed by atoms with E-state index < -0.39 is 14.6 Å². The van der Waals surface area contributed by atoms with Crippen molar-refractivity contribution >= 4 is 21.4 Å². The third-order valence-electron chi connectivity index (χ3n) is 5.04. The van der Waals surface area contributed by atoms with Crippen LogP contribution in [0.3, 0.4) is 0 Å². The van der Waals surface area contributed by atoms with Crippen molar-refractivity contribution in [3.05, 3.63) is 35.8 Å². The van der Waals surface area contributed by atoms with Crippen molar-refractivity contribution in [2.75, 3.05) is 31.9 Å². The van der Waals surface area contributed by atoms with Crippen molar-refractivity contribution in [2.24, 2.45) is 4.99 Å². The van der Waals surface area contributed by atoms with Crippen molar-refractivity contribution in [1.29, 1.82) is 0 Å². The van der Waals surface area contributed by atoms with Gasteiger partial charge in [-0.2, -0.15) is 0 Å². The largest absolute Gasteiger partial charge is 0.357 e. The summed E-state index contributed by atoms with van der Waals surface area (Å²) in [6, 6.07) is 4.07. The van der Waals surface area contributed by atoms with E-state index in [1.165, 1.54) is 0 Å². The normalized spacial score (nSPS) is 19.4. The molecule has 1 saturated heterocycles. The maximum atomic E-state index is 12.2. The SMILES string of the molecule is CCNC(=NCCc1cn2cccc(C)c2n1)N1CCS(=O)(=O)C(C)(C)C1. The molecule has 1 fully saturated rings. The van der Waals surface area contributed by atoms with E-state index >= 15 is 0 Å². The number of nitrogens with one attached hydrogen (secondary N) is 1. The van der Waals surface area contributed by atoms with Crippen LogP contribution in [0.2, 0.25) is 0 Å². The van der Waals surface area contributed by atoms with Crippen LogP contribution in [-0.2, 0) is 16.3 Å². The molecule has 0 aliphatic carbocycles. The minimum atomic E-state index is -3.06. The number of imidazole rings is 1. The highest BCUT2D eigenvalue weighted by atomic mass is 32.2. The molecule has 0 atom stereocenters. The van der Waals surface area contributed by atoms with E-state index in [2.05, 4.69) is 23.2 Å². The Labute approximate surface area is 161 Å². The molecule has 0 amide bonds. The molecule has 2 aromatic heterocycles. The van der Waals surface area contributed by atoms with Crippen LogP contribution in [0.1, 0.15) is 32.0 Å². The van der Waals surface area contributed by atoms with Crippen LogP contribution < -0.4 is 5.32 Å². The van der Waals surface area contributed by atoms with Crippen molar-refractivity contribution in [3.8, 4) is 0 Å². The lowest BCUT2D eigenvalue weighted by Crippen LogP contribution is -2.57. The van der Waals surface area contributed by atoms with E-state index in [9.17, 15) is 8.42 Å². The van der Waals surface area contributed by atoms with Crippen molar-refractivity contribution in [2.45, 2.75) is 38.9 Å². The summed E-state index contributed by atoms with van der Waals surface area (Å²) in [5.41, 5.74) is 3.13. The lowest BCUT2D eigenvalue weighted by Gasteiger charge is -2.39. The van der Waals surface area contributed by atoms with Crippen LogP contribution in [0.4, 0.5) is 0 Å². The van der Waals surface area contributed by atoms with Gasteiger partial charge in [-0.3, -0.25) is 4.99 Å². The topological polar surface area (TPSA) is 79.1 Å². The quantitative estimate of drug-likeness (QED) is 0.633. The molecule has 3 heterocycles. The molecule has 1 N–H and O–H groups in total. The third-order valence-corrected chi connectivity index (χ3v) is 7.57.